The van der Waals surface area contributed by atoms with Gasteiger partial charge in [-0.15, -0.1) is 5.10 Å². The summed E-state index contributed by atoms with van der Waals surface area (Å²) in [6.45, 7) is 4.90. The van der Waals surface area contributed by atoms with E-state index in [1.807, 2.05) is 13.8 Å². The van der Waals surface area contributed by atoms with Crippen LogP contribution in [0.3, 0.4) is 0 Å². The second kappa shape index (κ2) is 6.46. The van der Waals surface area contributed by atoms with Crippen LogP contribution < -0.4 is 10.5 Å². The van der Waals surface area contributed by atoms with Crippen molar-refractivity contribution in [3.63, 3.8) is 0 Å². The molecule has 0 aliphatic heterocycles. The summed E-state index contributed by atoms with van der Waals surface area (Å²) in [7, 11) is 1.65. The largest absolute Gasteiger partial charge is 0.476 e. The van der Waals surface area contributed by atoms with E-state index in [1.54, 1.807) is 7.11 Å². The summed E-state index contributed by atoms with van der Waals surface area (Å²) in [5, 5.41) is 7.98. The monoisotopic (exact) mass is 255 g/mol. The molecule has 0 saturated heterocycles. The average molecular weight is 255 g/mol. The number of nitrogens with two attached hydrogens (primary N) is 1. The molecule has 0 bridgehead atoms. The van der Waals surface area contributed by atoms with Gasteiger partial charge in [-0.25, -0.2) is 0 Å². The first kappa shape index (κ1) is 13.8. The molecule has 94 valence electrons. The van der Waals surface area contributed by atoms with Crippen molar-refractivity contribution in [1.29, 1.82) is 0 Å². The quantitative estimate of drug-likeness (QED) is 0.607. The predicted molar refractivity (Wildman–Crippen MR) is 69.4 cm³/mol. The van der Waals surface area contributed by atoms with Gasteiger partial charge < -0.3 is 15.2 Å². The van der Waals surface area contributed by atoms with Gasteiger partial charge >= 0.3 is 0 Å². The third-order valence-corrected chi connectivity index (χ3v) is 2.60. The molecule has 1 heterocycles. The molecule has 0 radical (unpaired) electrons. The van der Waals surface area contributed by atoms with Gasteiger partial charge in [-0.3, -0.25) is 0 Å². The molecule has 2 N–H and O–H groups in total. The van der Waals surface area contributed by atoms with Gasteiger partial charge in [-0.1, -0.05) is 12.2 Å². The van der Waals surface area contributed by atoms with Gasteiger partial charge in [0.1, 0.15) is 4.99 Å². The number of methoxy groups -OCH3 is 1. The number of aryl methyl sites for hydroxylation is 1. The molecule has 0 aliphatic carbocycles. The molecule has 0 saturated carbocycles. The number of nitrogens with zero attached hydrogens (tertiary/aromatic N) is 2. The fourth-order valence-corrected chi connectivity index (χ4v) is 1.59. The first-order valence-electron chi connectivity index (χ1n) is 5.33. The Morgan fingerprint density at radius 2 is 2.00 bits per heavy atom. The molecule has 0 fully saturated rings. The van der Waals surface area contributed by atoms with E-state index in [0.717, 1.165) is 17.7 Å². The van der Waals surface area contributed by atoms with Gasteiger partial charge in [-0.05, 0) is 19.4 Å². The first-order valence-corrected chi connectivity index (χ1v) is 5.74. The Morgan fingerprint density at radius 3 is 2.59 bits per heavy atom. The first-order chi connectivity index (χ1) is 8.07. The molecular formula is C11H17N3O2S. The topological polar surface area (TPSA) is 70.3 Å². The Morgan fingerprint density at radius 1 is 1.29 bits per heavy atom. The van der Waals surface area contributed by atoms with Gasteiger partial charge in [0.05, 0.1) is 17.9 Å². The van der Waals surface area contributed by atoms with Crippen molar-refractivity contribution in [2.45, 2.75) is 20.3 Å². The van der Waals surface area contributed by atoms with Crippen LogP contribution in [-0.4, -0.2) is 35.5 Å². The Hall–Kier alpha value is -1.27. The number of hydrogen-bond donors (Lipinski definition) is 1. The van der Waals surface area contributed by atoms with E-state index < -0.39 is 0 Å². The minimum atomic E-state index is 0.280. The molecule has 0 aromatic carbocycles. The van der Waals surface area contributed by atoms with Gasteiger partial charge in [0.2, 0.25) is 5.88 Å². The number of ether oxygens (including phenoxy) is 2. The van der Waals surface area contributed by atoms with Crippen LogP contribution in [0.5, 0.6) is 5.88 Å². The van der Waals surface area contributed by atoms with Crippen LogP contribution in [0.4, 0.5) is 0 Å². The van der Waals surface area contributed by atoms with E-state index >= 15 is 0 Å². The maximum absolute atomic E-state index is 5.67. The van der Waals surface area contributed by atoms with Crippen LogP contribution in [0.2, 0.25) is 0 Å². The molecule has 0 spiro atoms. The second-order valence-corrected chi connectivity index (χ2v) is 4.09. The van der Waals surface area contributed by atoms with Crippen molar-refractivity contribution >= 4 is 17.2 Å². The molecule has 0 unspecified atom stereocenters. The van der Waals surface area contributed by atoms with Gasteiger partial charge in [-0.2, -0.15) is 5.10 Å². The van der Waals surface area contributed by atoms with Crippen LogP contribution in [0.15, 0.2) is 0 Å². The molecular weight excluding hydrogens is 238 g/mol. The van der Waals surface area contributed by atoms with Crippen molar-refractivity contribution in [1.82, 2.24) is 10.2 Å². The zero-order valence-corrected chi connectivity index (χ0v) is 11.1. The molecule has 17 heavy (non-hydrogen) atoms. The Balaban J connectivity index is 2.84. The van der Waals surface area contributed by atoms with Gasteiger partial charge in [0.15, 0.2) is 0 Å². The Labute approximate surface area is 106 Å². The average Bonchev–Trinajstić information content (AvgIpc) is 2.28. The van der Waals surface area contributed by atoms with Crippen LogP contribution in [-0.2, 0) is 4.74 Å². The minimum absolute atomic E-state index is 0.280. The summed E-state index contributed by atoms with van der Waals surface area (Å²) >= 11 is 5.00. The van der Waals surface area contributed by atoms with E-state index in [9.17, 15) is 0 Å². The summed E-state index contributed by atoms with van der Waals surface area (Å²) in [5.41, 5.74) is 8.06. The highest BCUT2D eigenvalue weighted by atomic mass is 32.1. The third kappa shape index (κ3) is 3.61. The Bertz CT molecular complexity index is 410. The highest BCUT2D eigenvalue weighted by molar-refractivity contribution is 7.80. The fraction of sp³-hybridized carbons (Fsp3) is 0.545. The molecule has 5 nitrogen and oxygen atoms in total. The molecule has 1 aromatic heterocycles. The van der Waals surface area contributed by atoms with Crippen molar-refractivity contribution in [2.75, 3.05) is 20.3 Å². The van der Waals surface area contributed by atoms with Crippen LogP contribution >= 0.6 is 12.2 Å². The van der Waals surface area contributed by atoms with Gasteiger partial charge in [0.25, 0.3) is 0 Å². The van der Waals surface area contributed by atoms with E-state index in [1.165, 1.54) is 0 Å². The van der Waals surface area contributed by atoms with Crippen molar-refractivity contribution in [3.8, 4) is 5.88 Å². The number of aromatic nitrogens is 2. The molecule has 0 aliphatic rings. The third-order valence-electron chi connectivity index (χ3n) is 2.40. The zero-order valence-electron chi connectivity index (χ0n) is 10.3. The molecule has 1 aromatic rings. The maximum atomic E-state index is 5.67. The lowest BCUT2D eigenvalue weighted by atomic mass is 10.1. The molecule has 6 heteroatoms. The smallest absolute Gasteiger partial charge is 0.244 e. The lowest BCUT2D eigenvalue weighted by Gasteiger charge is -2.12. The summed E-state index contributed by atoms with van der Waals surface area (Å²) in [6, 6.07) is 0. The molecule has 0 atom stereocenters. The minimum Gasteiger partial charge on any atom is -0.476 e. The van der Waals surface area contributed by atoms with Crippen molar-refractivity contribution in [2.24, 2.45) is 5.73 Å². The van der Waals surface area contributed by atoms with Crippen LogP contribution in [0, 0.1) is 13.8 Å². The van der Waals surface area contributed by atoms with Gasteiger partial charge in [0, 0.05) is 20.1 Å². The number of rotatable bonds is 6. The summed E-state index contributed by atoms with van der Waals surface area (Å²) < 4.78 is 10.4. The highest BCUT2D eigenvalue weighted by Crippen LogP contribution is 2.20. The van der Waals surface area contributed by atoms with Crippen LogP contribution in [0.25, 0.3) is 0 Å². The fourth-order valence-electron chi connectivity index (χ4n) is 1.35. The highest BCUT2D eigenvalue weighted by Gasteiger charge is 2.14. The van der Waals surface area contributed by atoms with E-state index in [4.69, 9.17) is 27.4 Å². The normalized spacial score (nSPS) is 10.3. The number of hydrogen-bond acceptors (Lipinski definition) is 5. The zero-order chi connectivity index (χ0) is 12.8. The van der Waals surface area contributed by atoms with Crippen molar-refractivity contribution < 1.29 is 9.47 Å². The lowest BCUT2D eigenvalue weighted by molar-refractivity contribution is 0.170. The van der Waals surface area contributed by atoms with E-state index in [-0.39, 0.29) is 4.99 Å². The van der Waals surface area contributed by atoms with E-state index in [2.05, 4.69) is 10.2 Å². The Kier molecular flexibility index (Phi) is 5.24. The molecule has 0 amide bonds. The maximum Gasteiger partial charge on any atom is 0.244 e. The second-order valence-electron chi connectivity index (χ2n) is 3.65. The summed E-state index contributed by atoms with van der Waals surface area (Å²) in [4.78, 5) is 0.280. The van der Waals surface area contributed by atoms with Crippen LogP contribution in [0.1, 0.15) is 23.2 Å². The summed E-state index contributed by atoms with van der Waals surface area (Å²) in [5.74, 6) is 0.400. The lowest BCUT2D eigenvalue weighted by Crippen LogP contribution is -2.17. The standard InChI is InChI=1S/C11H17N3O2S/c1-7-8(2)13-14-11(9(7)10(12)17)16-6-4-5-15-3/h4-6H2,1-3H3,(H2,12,17). The number of thiocarbonyl (C=S) groups is 1. The SMILES string of the molecule is COCCCOc1nnc(C)c(C)c1C(N)=S. The predicted octanol–water partition coefficient (Wildman–Crippen LogP) is 1.14. The van der Waals surface area contributed by atoms with Crippen molar-refractivity contribution in [3.05, 3.63) is 16.8 Å². The van der Waals surface area contributed by atoms with E-state index in [0.29, 0.717) is 24.7 Å². The molecule has 1 rings (SSSR count). The summed E-state index contributed by atoms with van der Waals surface area (Å²) in [6.07, 6.45) is 0.780.